The van der Waals surface area contributed by atoms with Gasteiger partial charge in [0.2, 0.25) is 0 Å². The van der Waals surface area contributed by atoms with Crippen molar-refractivity contribution in [1.82, 2.24) is 5.48 Å². The van der Waals surface area contributed by atoms with E-state index in [9.17, 15) is 9.59 Å². The molecule has 24 heavy (non-hydrogen) atoms. The molecule has 2 aromatic carbocycles. The molecule has 0 spiro atoms. The molecular weight excluding hydrogens is 306 g/mol. The van der Waals surface area contributed by atoms with Crippen molar-refractivity contribution in [3.05, 3.63) is 77.4 Å². The molecular formula is C19H17NO4. The van der Waals surface area contributed by atoms with E-state index >= 15 is 0 Å². The Morgan fingerprint density at radius 1 is 0.958 bits per heavy atom. The van der Waals surface area contributed by atoms with Gasteiger partial charge in [0.1, 0.15) is 5.75 Å². The number of ether oxygens (including phenoxy) is 1. The van der Waals surface area contributed by atoms with Gasteiger partial charge in [-0.15, -0.1) is 0 Å². The minimum atomic E-state index is -0.596. The maximum Gasteiger partial charge on any atom is 0.267 e. The number of para-hydroxylation sites is 1. The Labute approximate surface area is 139 Å². The summed E-state index contributed by atoms with van der Waals surface area (Å²) in [5.41, 5.74) is 3.67. The number of rotatable bonds is 6. The van der Waals surface area contributed by atoms with Crippen molar-refractivity contribution < 1.29 is 19.5 Å². The highest BCUT2D eigenvalue weighted by Crippen LogP contribution is 2.18. The van der Waals surface area contributed by atoms with E-state index in [1.807, 2.05) is 18.2 Å². The fraction of sp³-hybridized carbons (Fsp3) is 0.0526. The van der Waals surface area contributed by atoms with E-state index in [0.717, 1.165) is 11.1 Å². The Balaban J connectivity index is 2.08. The highest BCUT2D eigenvalue weighted by atomic mass is 16.5. The number of hydroxylamine groups is 1. The van der Waals surface area contributed by atoms with Crippen LogP contribution in [0.15, 0.2) is 60.7 Å². The van der Waals surface area contributed by atoms with Crippen LogP contribution in [0.2, 0.25) is 0 Å². The van der Waals surface area contributed by atoms with E-state index in [4.69, 9.17) is 9.94 Å². The number of benzene rings is 2. The summed E-state index contributed by atoms with van der Waals surface area (Å²) in [6.45, 7) is 0. The van der Waals surface area contributed by atoms with E-state index in [-0.39, 0.29) is 5.78 Å². The Hall–Kier alpha value is -3.18. The van der Waals surface area contributed by atoms with Crippen LogP contribution in [-0.4, -0.2) is 24.0 Å². The number of ketones is 1. The number of methoxy groups -OCH3 is 1. The van der Waals surface area contributed by atoms with Gasteiger partial charge in [-0.05, 0) is 35.4 Å². The van der Waals surface area contributed by atoms with Crippen molar-refractivity contribution >= 4 is 23.8 Å². The van der Waals surface area contributed by atoms with Gasteiger partial charge < -0.3 is 4.74 Å². The molecule has 0 aliphatic rings. The first kappa shape index (κ1) is 17.2. The van der Waals surface area contributed by atoms with Gasteiger partial charge in [0.15, 0.2) is 5.78 Å². The summed E-state index contributed by atoms with van der Waals surface area (Å²) in [5.74, 6) is -0.202. The summed E-state index contributed by atoms with van der Waals surface area (Å²) >= 11 is 0. The maximum absolute atomic E-state index is 12.2. The first-order valence-corrected chi connectivity index (χ1v) is 7.21. The van der Waals surface area contributed by atoms with E-state index in [0.29, 0.717) is 11.3 Å². The Bertz CT molecular complexity index is 776. The van der Waals surface area contributed by atoms with Crippen LogP contribution >= 0.6 is 0 Å². The topological polar surface area (TPSA) is 75.6 Å². The number of amides is 1. The second kappa shape index (κ2) is 8.45. The van der Waals surface area contributed by atoms with Crippen molar-refractivity contribution in [2.45, 2.75) is 0 Å². The molecule has 0 radical (unpaired) electrons. The first-order valence-electron chi connectivity index (χ1n) is 7.21. The second-order valence-corrected chi connectivity index (χ2v) is 4.87. The van der Waals surface area contributed by atoms with Gasteiger partial charge in [0.05, 0.1) is 12.7 Å². The van der Waals surface area contributed by atoms with Crippen molar-refractivity contribution in [3.8, 4) is 5.75 Å². The largest absolute Gasteiger partial charge is 0.496 e. The minimum absolute atomic E-state index is 0.143. The zero-order valence-electron chi connectivity index (χ0n) is 13.1. The first-order chi connectivity index (χ1) is 11.6. The number of hydrogen-bond donors (Lipinski definition) is 2. The Kier molecular flexibility index (Phi) is 6.05. The van der Waals surface area contributed by atoms with Crippen LogP contribution in [0.3, 0.4) is 0 Å². The van der Waals surface area contributed by atoms with Gasteiger partial charge in [-0.2, -0.15) is 0 Å². The molecule has 0 aromatic heterocycles. The molecule has 0 fully saturated rings. The molecule has 2 N–H and O–H groups in total. The molecule has 5 heteroatoms. The predicted octanol–water partition coefficient (Wildman–Crippen LogP) is 3.11. The summed E-state index contributed by atoms with van der Waals surface area (Å²) in [4.78, 5) is 23.1. The molecule has 2 aromatic rings. The lowest BCUT2D eigenvalue weighted by Crippen LogP contribution is -2.14. The second-order valence-electron chi connectivity index (χ2n) is 4.87. The lowest BCUT2D eigenvalue weighted by molar-refractivity contribution is -0.124. The maximum atomic E-state index is 12.2. The van der Waals surface area contributed by atoms with Crippen molar-refractivity contribution in [1.29, 1.82) is 0 Å². The third kappa shape index (κ3) is 4.66. The smallest absolute Gasteiger partial charge is 0.267 e. The van der Waals surface area contributed by atoms with Gasteiger partial charge in [-0.25, -0.2) is 5.48 Å². The standard InChI is InChI=1S/C19H17NO4/c1-24-18-5-3-2-4-16(18)17(21)12-10-14-6-8-15(9-7-14)11-13-19(22)20-23/h2-13,23H,1H3,(H,20,22)/b12-10+,13-11+. The molecule has 122 valence electrons. The van der Waals surface area contributed by atoms with Crippen LogP contribution in [-0.2, 0) is 4.79 Å². The fourth-order valence-corrected chi connectivity index (χ4v) is 2.04. The molecule has 5 nitrogen and oxygen atoms in total. The van der Waals surface area contributed by atoms with Crippen molar-refractivity contribution in [2.24, 2.45) is 0 Å². The third-order valence-electron chi connectivity index (χ3n) is 3.27. The highest BCUT2D eigenvalue weighted by Gasteiger charge is 2.07. The van der Waals surface area contributed by atoms with Gasteiger partial charge in [0.25, 0.3) is 5.91 Å². The zero-order valence-corrected chi connectivity index (χ0v) is 13.1. The third-order valence-corrected chi connectivity index (χ3v) is 3.27. The van der Waals surface area contributed by atoms with Crippen LogP contribution in [0.1, 0.15) is 21.5 Å². The molecule has 0 atom stereocenters. The molecule has 0 bridgehead atoms. The highest BCUT2D eigenvalue weighted by molar-refractivity contribution is 6.08. The van der Waals surface area contributed by atoms with Gasteiger partial charge >= 0.3 is 0 Å². The van der Waals surface area contributed by atoms with Crippen LogP contribution in [0.4, 0.5) is 0 Å². The monoisotopic (exact) mass is 323 g/mol. The molecule has 0 heterocycles. The number of carbonyl (C=O) groups is 2. The number of hydrogen-bond acceptors (Lipinski definition) is 4. The van der Waals surface area contributed by atoms with E-state index in [1.165, 1.54) is 24.7 Å². The average Bonchev–Trinajstić information content (AvgIpc) is 2.64. The predicted molar refractivity (Wildman–Crippen MR) is 91.8 cm³/mol. The fourth-order valence-electron chi connectivity index (χ4n) is 2.04. The summed E-state index contributed by atoms with van der Waals surface area (Å²) in [6, 6.07) is 14.3. The molecule has 1 amide bonds. The van der Waals surface area contributed by atoms with Crippen molar-refractivity contribution in [2.75, 3.05) is 7.11 Å². The van der Waals surface area contributed by atoms with Gasteiger partial charge in [-0.3, -0.25) is 14.8 Å². The molecule has 0 saturated heterocycles. The van der Waals surface area contributed by atoms with Crippen LogP contribution < -0.4 is 10.2 Å². The van der Waals surface area contributed by atoms with Gasteiger partial charge in [-0.1, -0.05) is 42.5 Å². The Morgan fingerprint density at radius 3 is 2.12 bits per heavy atom. The van der Waals surface area contributed by atoms with Gasteiger partial charge in [0, 0.05) is 6.08 Å². The molecule has 0 saturated carbocycles. The quantitative estimate of drug-likeness (QED) is 0.371. The molecule has 0 unspecified atom stereocenters. The van der Waals surface area contributed by atoms with Crippen LogP contribution in [0.5, 0.6) is 5.75 Å². The average molecular weight is 323 g/mol. The van der Waals surface area contributed by atoms with Crippen LogP contribution in [0.25, 0.3) is 12.2 Å². The van der Waals surface area contributed by atoms with Crippen molar-refractivity contribution in [3.63, 3.8) is 0 Å². The lowest BCUT2D eigenvalue weighted by Gasteiger charge is -2.04. The lowest BCUT2D eigenvalue weighted by atomic mass is 10.1. The number of carbonyl (C=O) groups excluding carboxylic acids is 2. The number of allylic oxidation sites excluding steroid dienone is 1. The van der Waals surface area contributed by atoms with Crippen LogP contribution in [0, 0.1) is 0 Å². The summed E-state index contributed by atoms with van der Waals surface area (Å²) in [7, 11) is 1.53. The zero-order chi connectivity index (χ0) is 17.4. The molecule has 0 aliphatic heterocycles. The van der Waals surface area contributed by atoms with E-state index < -0.39 is 5.91 Å². The normalized spacial score (nSPS) is 10.9. The summed E-state index contributed by atoms with van der Waals surface area (Å²) in [6.07, 6.45) is 5.99. The molecule has 2 rings (SSSR count). The summed E-state index contributed by atoms with van der Waals surface area (Å²) < 4.78 is 5.18. The molecule has 0 aliphatic carbocycles. The number of nitrogens with one attached hydrogen (secondary N) is 1. The Morgan fingerprint density at radius 2 is 1.54 bits per heavy atom. The summed E-state index contributed by atoms with van der Waals surface area (Å²) in [5, 5.41) is 8.41. The van der Waals surface area contributed by atoms with E-state index in [1.54, 1.807) is 42.5 Å². The minimum Gasteiger partial charge on any atom is -0.496 e. The SMILES string of the molecule is COc1ccccc1C(=O)/C=C/c1ccc(/C=C/C(=O)NO)cc1. The van der Waals surface area contributed by atoms with E-state index in [2.05, 4.69) is 0 Å².